The van der Waals surface area contributed by atoms with E-state index in [1.807, 2.05) is 6.07 Å². The minimum absolute atomic E-state index is 0.258. The van der Waals surface area contributed by atoms with Crippen molar-refractivity contribution in [2.75, 3.05) is 30.4 Å². The Hall–Kier alpha value is -1.98. The topological polar surface area (TPSA) is 19.7 Å². The van der Waals surface area contributed by atoms with Gasteiger partial charge in [0.1, 0.15) is 5.82 Å². The van der Waals surface area contributed by atoms with E-state index in [0.29, 0.717) is 22.8 Å². The Kier molecular flexibility index (Phi) is 4.21. The molecule has 2 heterocycles. The Morgan fingerprint density at radius 2 is 2.12 bits per heavy atom. The lowest BCUT2D eigenvalue weighted by Gasteiger charge is -2.35. The average molecular weight is 356 g/mol. The Labute approximate surface area is 153 Å². The van der Waals surface area contributed by atoms with E-state index in [4.69, 9.17) is 12.2 Å². The lowest BCUT2D eigenvalue weighted by atomic mass is 9.89. The number of benzene rings is 2. The van der Waals surface area contributed by atoms with E-state index in [-0.39, 0.29) is 5.82 Å². The summed E-state index contributed by atoms with van der Waals surface area (Å²) in [6, 6.07) is 13.5. The van der Waals surface area contributed by atoms with E-state index >= 15 is 0 Å². The van der Waals surface area contributed by atoms with Crippen molar-refractivity contribution >= 4 is 28.7 Å². The molecule has 2 aliphatic rings. The fourth-order valence-corrected chi connectivity index (χ4v) is 4.57. The molecule has 1 unspecified atom stereocenters. The van der Waals surface area contributed by atoms with Crippen molar-refractivity contribution in [2.45, 2.75) is 25.3 Å². The lowest BCUT2D eigenvalue weighted by Crippen LogP contribution is -3.11. The van der Waals surface area contributed by atoms with Gasteiger partial charge in [-0.3, -0.25) is 0 Å². The molecule has 25 heavy (non-hydrogen) atoms. The first kappa shape index (κ1) is 16.5. The standard InChI is InChI=1S/C20H22FN3S/c1-13-6-7-18-16(10-13)17-12-23(2)9-8-19(17)24(18)20(25)22-15-5-3-4-14(21)11-15/h3-7,10-11,17,19H,8-9,12H2,1-2H3,(H,22,25)/p+1/t17-,19-/m0/s1. The molecule has 2 N–H and O–H groups in total. The molecule has 0 spiro atoms. The van der Waals surface area contributed by atoms with Gasteiger partial charge in [-0.15, -0.1) is 0 Å². The number of halogens is 1. The normalized spacial score (nSPS) is 24.6. The molecule has 1 fully saturated rings. The van der Waals surface area contributed by atoms with Gasteiger partial charge in [0.2, 0.25) is 0 Å². The van der Waals surface area contributed by atoms with Crippen molar-refractivity contribution < 1.29 is 9.29 Å². The predicted molar refractivity (Wildman–Crippen MR) is 104 cm³/mol. The Balaban J connectivity index is 1.67. The highest BCUT2D eigenvalue weighted by molar-refractivity contribution is 7.80. The summed E-state index contributed by atoms with van der Waals surface area (Å²) in [5, 5.41) is 3.89. The van der Waals surface area contributed by atoms with Gasteiger partial charge >= 0.3 is 0 Å². The third kappa shape index (κ3) is 3.02. The van der Waals surface area contributed by atoms with Crippen LogP contribution in [0.2, 0.25) is 0 Å². The molecule has 4 rings (SSSR count). The predicted octanol–water partition coefficient (Wildman–Crippen LogP) is 2.72. The average Bonchev–Trinajstić information content (AvgIpc) is 2.88. The van der Waals surface area contributed by atoms with Crippen LogP contribution in [0.15, 0.2) is 42.5 Å². The van der Waals surface area contributed by atoms with Crippen LogP contribution in [-0.2, 0) is 0 Å². The Morgan fingerprint density at radius 1 is 1.28 bits per heavy atom. The maximum Gasteiger partial charge on any atom is 0.178 e. The highest BCUT2D eigenvalue weighted by Gasteiger charge is 2.44. The maximum atomic E-state index is 13.5. The van der Waals surface area contributed by atoms with Crippen molar-refractivity contribution in [3.05, 3.63) is 59.4 Å². The second-order valence-electron chi connectivity index (χ2n) is 7.25. The fourth-order valence-electron chi connectivity index (χ4n) is 4.21. The quantitative estimate of drug-likeness (QED) is 0.767. The first-order valence-electron chi connectivity index (χ1n) is 8.80. The van der Waals surface area contributed by atoms with Gasteiger partial charge in [0.05, 0.1) is 32.1 Å². The number of piperidine rings is 1. The Bertz CT molecular complexity index is 822. The number of aryl methyl sites for hydroxylation is 1. The van der Waals surface area contributed by atoms with Crippen LogP contribution in [0.4, 0.5) is 15.8 Å². The van der Waals surface area contributed by atoms with Gasteiger partial charge in [-0.05, 0) is 49.0 Å². The number of thiocarbonyl (C=S) groups is 1. The molecule has 2 aromatic carbocycles. The number of likely N-dealkylation sites (N-methyl/N-ethyl adjacent to an activating group) is 1. The summed E-state index contributed by atoms with van der Waals surface area (Å²) in [5.74, 6) is 0.238. The highest BCUT2D eigenvalue weighted by Crippen LogP contribution is 2.43. The third-order valence-corrected chi connectivity index (χ3v) is 5.67. The molecule has 5 heteroatoms. The first-order valence-corrected chi connectivity index (χ1v) is 9.21. The van der Waals surface area contributed by atoms with Crippen LogP contribution in [-0.4, -0.2) is 31.3 Å². The summed E-state index contributed by atoms with van der Waals surface area (Å²) in [5.41, 5.74) is 4.57. The largest absolute Gasteiger partial charge is 0.337 e. The van der Waals surface area contributed by atoms with Crippen LogP contribution in [0.3, 0.4) is 0 Å². The number of hydrogen-bond acceptors (Lipinski definition) is 1. The molecule has 3 atom stereocenters. The summed E-state index contributed by atoms with van der Waals surface area (Å²) in [6.45, 7) is 4.41. The highest BCUT2D eigenvalue weighted by atomic mass is 32.1. The monoisotopic (exact) mass is 356 g/mol. The Morgan fingerprint density at radius 3 is 2.92 bits per heavy atom. The number of nitrogens with one attached hydrogen (secondary N) is 2. The zero-order valence-corrected chi connectivity index (χ0v) is 15.4. The van der Waals surface area contributed by atoms with Crippen molar-refractivity contribution in [3.63, 3.8) is 0 Å². The first-order chi connectivity index (χ1) is 12.0. The number of rotatable bonds is 1. The van der Waals surface area contributed by atoms with Crippen LogP contribution >= 0.6 is 12.2 Å². The molecular weight excluding hydrogens is 333 g/mol. The lowest BCUT2D eigenvalue weighted by molar-refractivity contribution is -0.886. The van der Waals surface area contributed by atoms with Gasteiger partial charge in [0.15, 0.2) is 5.11 Å². The van der Waals surface area contributed by atoms with Gasteiger partial charge in [0, 0.05) is 17.8 Å². The van der Waals surface area contributed by atoms with E-state index in [2.05, 4.69) is 42.4 Å². The molecule has 0 aliphatic carbocycles. The van der Waals surface area contributed by atoms with E-state index in [1.165, 1.54) is 28.9 Å². The van der Waals surface area contributed by atoms with E-state index in [0.717, 1.165) is 19.5 Å². The van der Waals surface area contributed by atoms with Gasteiger partial charge in [-0.25, -0.2) is 4.39 Å². The second-order valence-corrected chi connectivity index (χ2v) is 7.63. The summed E-state index contributed by atoms with van der Waals surface area (Å²) < 4.78 is 13.5. The molecule has 0 amide bonds. The number of fused-ring (bicyclic) bond motifs is 3. The molecule has 1 saturated heterocycles. The second kappa shape index (κ2) is 6.39. The molecular formula is C20H23FN3S+. The summed E-state index contributed by atoms with van der Waals surface area (Å²) >= 11 is 5.73. The maximum absolute atomic E-state index is 13.5. The molecule has 130 valence electrons. The number of quaternary nitrogens is 1. The minimum atomic E-state index is -0.258. The molecule has 0 radical (unpaired) electrons. The number of hydrogen-bond donors (Lipinski definition) is 2. The molecule has 0 aromatic heterocycles. The molecule has 2 aliphatic heterocycles. The van der Waals surface area contributed by atoms with Crippen molar-refractivity contribution in [1.82, 2.24) is 0 Å². The molecule has 0 bridgehead atoms. The van der Waals surface area contributed by atoms with Gasteiger partial charge in [-0.2, -0.15) is 0 Å². The van der Waals surface area contributed by atoms with Crippen LogP contribution in [0.1, 0.15) is 23.5 Å². The fraction of sp³-hybridized carbons (Fsp3) is 0.350. The molecule has 0 saturated carbocycles. The molecule has 2 aromatic rings. The van der Waals surface area contributed by atoms with Crippen molar-refractivity contribution in [1.29, 1.82) is 0 Å². The van der Waals surface area contributed by atoms with Crippen LogP contribution < -0.4 is 15.1 Å². The van der Waals surface area contributed by atoms with Crippen LogP contribution in [0, 0.1) is 12.7 Å². The van der Waals surface area contributed by atoms with Crippen molar-refractivity contribution in [3.8, 4) is 0 Å². The van der Waals surface area contributed by atoms with Gasteiger partial charge in [-0.1, -0.05) is 23.8 Å². The smallest absolute Gasteiger partial charge is 0.178 e. The van der Waals surface area contributed by atoms with E-state index < -0.39 is 0 Å². The van der Waals surface area contributed by atoms with E-state index in [9.17, 15) is 4.39 Å². The van der Waals surface area contributed by atoms with E-state index in [1.54, 1.807) is 11.0 Å². The summed E-state index contributed by atoms with van der Waals surface area (Å²) in [6.07, 6.45) is 1.11. The molecule has 3 nitrogen and oxygen atoms in total. The summed E-state index contributed by atoms with van der Waals surface area (Å²) in [4.78, 5) is 3.83. The minimum Gasteiger partial charge on any atom is -0.337 e. The van der Waals surface area contributed by atoms with Crippen LogP contribution in [0.25, 0.3) is 0 Å². The van der Waals surface area contributed by atoms with Crippen LogP contribution in [0.5, 0.6) is 0 Å². The third-order valence-electron chi connectivity index (χ3n) is 5.37. The van der Waals surface area contributed by atoms with Crippen molar-refractivity contribution in [2.24, 2.45) is 0 Å². The zero-order chi connectivity index (χ0) is 17.6. The SMILES string of the molecule is Cc1ccc2c(c1)[C@@H]1C[NH+](C)CC[C@@H]1N2C(=S)Nc1cccc(F)c1. The zero-order valence-electron chi connectivity index (χ0n) is 14.6. The summed E-state index contributed by atoms with van der Waals surface area (Å²) in [7, 11) is 2.26. The van der Waals surface area contributed by atoms with Gasteiger partial charge in [0.25, 0.3) is 0 Å². The number of nitrogens with zero attached hydrogens (tertiary/aromatic N) is 1. The number of likely N-dealkylation sites (tertiary alicyclic amines) is 1. The number of anilines is 2. The van der Waals surface area contributed by atoms with Gasteiger partial charge < -0.3 is 15.1 Å².